The van der Waals surface area contributed by atoms with E-state index in [9.17, 15) is 19.7 Å². The van der Waals surface area contributed by atoms with Gasteiger partial charge in [0.25, 0.3) is 5.69 Å². The van der Waals surface area contributed by atoms with Gasteiger partial charge in [-0.05, 0) is 17.7 Å². The van der Waals surface area contributed by atoms with Crippen LogP contribution in [0.3, 0.4) is 0 Å². The minimum absolute atomic E-state index is 0.00776. The second-order valence-corrected chi connectivity index (χ2v) is 3.65. The Labute approximate surface area is 104 Å². The number of hydrogen-bond donors (Lipinski definition) is 0. The van der Waals surface area contributed by atoms with Crippen LogP contribution in [0.1, 0.15) is 25.3 Å². The summed E-state index contributed by atoms with van der Waals surface area (Å²) < 4.78 is 4.87. The molecule has 0 unspecified atom stereocenters. The van der Waals surface area contributed by atoms with Gasteiger partial charge in [-0.3, -0.25) is 19.7 Å². The van der Waals surface area contributed by atoms with Gasteiger partial charge in [-0.2, -0.15) is 0 Å². The average molecular weight is 251 g/mol. The first-order valence-electron chi connectivity index (χ1n) is 5.43. The lowest BCUT2D eigenvalue weighted by molar-refractivity contribution is -0.384. The molecule has 6 nitrogen and oxygen atoms in total. The van der Waals surface area contributed by atoms with E-state index in [1.807, 2.05) is 0 Å². The summed E-state index contributed by atoms with van der Waals surface area (Å²) in [5, 5.41) is 10.4. The van der Waals surface area contributed by atoms with Crippen LogP contribution in [0.2, 0.25) is 0 Å². The Kier molecular flexibility index (Phi) is 4.98. The van der Waals surface area contributed by atoms with Gasteiger partial charge in [-0.25, -0.2) is 0 Å². The van der Waals surface area contributed by atoms with Gasteiger partial charge in [-0.15, -0.1) is 0 Å². The average Bonchev–Trinajstić information content (AvgIpc) is 2.36. The highest BCUT2D eigenvalue weighted by Crippen LogP contribution is 2.12. The minimum atomic E-state index is -0.583. The number of non-ortho nitro benzene ring substituents is 1. The number of nitro groups is 1. The number of benzene rings is 1. The number of rotatable bonds is 6. The van der Waals surface area contributed by atoms with Gasteiger partial charge in [0, 0.05) is 18.6 Å². The number of ether oxygens (including phenoxy) is 1. The zero-order valence-electron chi connectivity index (χ0n) is 9.92. The highest BCUT2D eigenvalue weighted by atomic mass is 16.6. The molecule has 0 aliphatic heterocycles. The normalized spacial score (nSPS) is 9.83. The number of nitro benzene ring substituents is 1. The van der Waals surface area contributed by atoms with E-state index >= 15 is 0 Å². The molecule has 1 rings (SSSR count). The first-order chi connectivity index (χ1) is 8.52. The zero-order chi connectivity index (χ0) is 13.5. The smallest absolute Gasteiger partial charge is 0.313 e. The molecule has 0 fully saturated rings. The molecular weight excluding hydrogens is 238 g/mol. The van der Waals surface area contributed by atoms with Crippen molar-refractivity contribution in [3.8, 4) is 0 Å². The molecule has 0 spiro atoms. The standard InChI is InChI=1S/C12H13NO5/c1-2-11(14)7-12(15)18-8-9-3-5-10(6-4-9)13(16)17/h3-6H,2,7-8H2,1H3. The lowest BCUT2D eigenvalue weighted by atomic mass is 10.2. The summed E-state index contributed by atoms with van der Waals surface area (Å²) in [7, 11) is 0. The third-order valence-corrected chi connectivity index (χ3v) is 2.28. The van der Waals surface area contributed by atoms with Gasteiger partial charge in [0.2, 0.25) is 0 Å². The SMILES string of the molecule is CCC(=O)CC(=O)OCc1ccc([N+](=O)[O-])cc1. The molecule has 1 aromatic carbocycles. The molecule has 0 bridgehead atoms. The molecule has 0 heterocycles. The van der Waals surface area contributed by atoms with E-state index in [0.717, 1.165) is 0 Å². The molecule has 1 aromatic rings. The van der Waals surface area contributed by atoms with E-state index in [2.05, 4.69) is 0 Å². The Balaban J connectivity index is 2.46. The highest BCUT2D eigenvalue weighted by molar-refractivity contribution is 5.95. The number of Topliss-reactive ketones (excluding diaryl/α,β-unsaturated/α-hetero) is 1. The zero-order valence-corrected chi connectivity index (χ0v) is 9.92. The van der Waals surface area contributed by atoms with Crippen LogP contribution < -0.4 is 0 Å². The highest BCUT2D eigenvalue weighted by Gasteiger charge is 2.09. The molecule has 0 aliphatic rings. The summed E-state index contributed by atoms with van der Waals surface area (Å²) in [6.45, 7) is 1.68. The third-order valence-electron chi connectivity index (χ3n) is 2.28. The van der Waals surface area contributed by atoms with Crippen LogP contribution in [-0.4, -0.2) is 16.7 Å². The Morgan fingerprint density at radius 2 is 1.89 bits per heavy atom. The van der Waals surface area contributed by atoms with Crippen LogP contribution in [0.5, 0.6) is 0 Å². The number of nitrogens with zero attached hydrogens (tertiary/aromatic N) is 1. The van der Waals surface area contributed by atoms with Crippen molar-refractivity contribution in [2.75, 3.05) is 0 Å². The maximum atomic E-state index is 11.2. The van der Waals surface area contributed by atoms with E-state index in [1.54, 1.807) is 6.92 Å². The first kappa shape index (κ1) is 13.8. The summed E-state index contributed by atoms with van der Waals surface area (Å²) in [6.07, 6.45) is 0.0656. The summed E-state index contributed by atoms with van der Waals surface area (Å²) >= 11 is 0. The van der Waals surface area contributed by atoms with Crippen molar-refractivity contribution in [1.82, 2.24) is 0 Å². The van der Waals surface area contributed by atoms with Crippen molar-refractivity contribution < 1.29 is 19.2 Å². The van der Waals surface area contributed by atoms with Crippen LogP contribution in [0.25, 0.3) is 0 Å². The van der Waals surface area contributed by atoms with Crippen molar-refractivity contribution in [1.29, 1.82) is 0 Å². The van der Waals surface area contributed by atoms with Gasteiger partial charge in [0.15, 0.2) is 0 Å². The quantitative estimate of drug-likeness (QED) is 0.334. The number of carbonyl (C=O) groups is 2. The van der Waals surface area contributed by atoms with Crippen molar-refractivity contribution >= 4 is 17.4 Å². The van der Waals surface area contributed by atoms with Crippen molar-refractivity contribution in [2.24, 2.45) is 0 Å². The van der Waals surface area contributed by atoms with Gasteiger partial charge >= 0.3 is 5.97 Å². The molecule has 96 valence electrons. The van der Waals surface area contributed by atoms with E-state index in [4.69, 9.17) is 4.74 Å². The molecule has 0 aromatic heterocycles. The van der Waals surface area contributed by atoms with Gasteiger partial charge in [0.1, 0.15) is 18.8 Å². The predicted octanol–water partition coefficient (Wildman–Crippen LogP) is 2.01. The monoisotopic (exact) mass is 251 g/mol. The van der Waals surface area contributed by atoms with Gasteiger partial charge in [0.05, 0.1) is 4.92 Å². The number of carbonyl (C=O) groups excluding carboxylic acids is 2. The Morgan fingerprint density at radius 3 is 2.39 bits per heavy atom. The van der Waals surface area contributed by atoms with E-state index in [1.165, 1.54) is 24.3 Å². The molecule has 0 radical (unpaired) electrons. The Hall–Kier alpha value is -2.24. The lowest BCUT2D eigenvalue weighted by Gasteiger charge is -2.03. The number of hydrogen-bond acceptors (Lipinski definition) is 5. The summed E-state index contributed by atoms with van der Waals surface area (Å²) in [5.74, 6) is -0.760. The molecule has 0 N–H and O–H groups in total. The van der Waals surface area contributed by atoms with Gasteiger partial charge in [-0.1, -0.05) is 6.92 Å². The fraction of sp³-hybridized carbons (Fsp3) is 0.333. The largest absolute Gasteiger partial charge is 0.460 e. The second-order valence-electron chi connectivity index (χ2n) is 3.65. The first-order valence-corrected chi connectivity index (χ1v) is 5.43. The summed E-state index contributed by atoms with van der Waals surface area (Å²) in [4.78, 5) is 32.1. The lowest BCUT2D eigenvalue weighted by Crippen LogP contribution is -2.10. The molecule has 0 saturated heterocycles. The Morgan fingerprint density at radius 1 is 1.28 bits per heavy atom. The van der Waals surface area contributed by atoms with Crippen LogP contribution >= 0.6 is 0 Å². The van der Waals surface area contributed by atoms with Crippen molar-refractivity contribution in [3.63, 3.8) is 0 Å². The fourth-order valence-electron chi connectivity index (χ4n) is 1.21. The third kappa shape index (κ3) is 4.32. The van der Waals surface area contributed by atoms with E-state index in [0.29, 0.717) is 12.0 Å². The molecule has 0 aliphatic carbocycles. The molecule has 0 atom stereocenters. The summed E-state index contributed by atoms with van der Waals surface area (Å²) in [5.41, 5.74) is 0.615. The summed E-state index contributed by atoms with van der Waals surface area (Å²) in [6, 6.07) is 5.68. The predicted molar refractivity (Wildman–Crippen MR) is 62.8 cm³/mol. The molecule has 0 saturated carbocycles. The second kappa shape index (κ2) is 6.48. The fourth-order valence-corrected chi connectivity index (χ4v) is 1.21. The van der Waals surface area contributed by atoms with Gasteiger partial charge < -0.3 is 4.74 Å². The van der Waals surface area contributed by atoms with Crippen LogP contribution in [-0.2, 0) is 20.9 Å². The topological polar surface area (TPSA) is 86.5 Å². The number of esters is 1. The van der Waals surface area contributed by atoms with Crippen molar-refractivity contribution in [2.45, 2.75) is 26.4 Å². The van der Waals surface area contributed by atoms with Crippen LogP contribution in [0, 0.1) is 10.1 Å². The van der Waals surface area contributed by atoms with E-state index in [-0.39, 0.29) is 24.5 Å². The Bertz CT molecular complexity index is 452. The van der Waals surface area contributed by atoms with Crippen LogP contribution in [0.4, 0.5) is 5.69 Å². The van der Waals surface area contributed by atoms with E-state index < -0.39 is 10.9 Å². The molecule has 18 heavy (non-hydrogen) atoms. The molecule has 0 amide bonds. The maximum absolute atomic E-state index is 11.2. The minimum Gasteiger partial charge on any atom is -0.460 e. The van der Waals surface area contributed by atoms with Crippen molar-refractivity contribution in [3.05, 3.63) is 39.9 Å². The maximum Gasteiger partial charge on any atom is 0.313 e. The molecular formula is C12H13NO5. The van der Waals surface area contributed by atoms with Crippen LogP contribution in [0.15, 0.2) is 24.3 Å². The molecule has 6 heteroatoms. The number of ketones is 1.